The van der Waals surface area contributed by atoms with Gasteiger partial charge in [0.25, 0.3) is 0 Å². The average molecular weight is 358 g/mol. The number of nitrogens with one attached hydrogen (secondary N) is 2. The summed E-state index contributed by atoms with van der Waals surface area (Å²) in [5.41, 5.74) is 2.35. The molecule has 5 nitrogen and oxygen atoms in total. The molecule has 1 fully saturated rings. The highest BCUT2D eigenvalue weighted by Crippen LogP contribution is 2.24. The molecular formula is C19H20ClN3O2. The molecule has 0 aromatic heterocycles. The molecule has 130 valence electrons. The van der Waals surface area contributed by atoms with E-state index in [-0.39, 0.29) is 11.8 Å². The van der Waals surface area contributed by atoms with Crippen LogP contribution in [-0.4, -0.2) is 24.4 Å². The molecule has 1 aliphatic heterocycles. The summed E-state index contributed by atoms with van der Waals surface area (Å²) in [6, 6.07) is 14.1. The van der Waals surface area contributed by atoms with Gasteiger partial charge in [-0.15, -0.1) is 0 Å². The van der Waals surface area contributed by atoms with Crippen LogP contribution in [0.5, 0.6) is 0 Å². The monoisotopic (exact) mass is 357 g/mol. The fourth-order valence-corrected chi connectivity index (χ4v) is 2.91. The van der Waals surface area contributed by atoms with Gasteiger partial charge in [0.05, 0.1) is 0 Å². The highest BCUT2D eigenvalue weighted by Gasteiger charge is 2.22. The second-order valence-corrected chi connectivity index (χ2v) is 6.50. The van der Waals surface area contributed by atoms with Crippen LogP contribution < -0.4 is 15.5 Å². The predicted molar refractivity (Wildman–Crippen MR) is 101 cm³/mol. The van der Waals surface area contributed by atoms with Gasteiger partial charge in [0.15, 0.2) is 0 Å². The highest BCUT2D eigenvalue weighted by atomic mass is 35.5. The summed E-state index contributed by atoms with van der Waals surface area (Å²) in [5.74, 6) is -0.00402. The van der Waals surface area contributed by atoms with Crippen LogP contribution in [0, 0.1) is 0 Å². The Morgan fingerprint density at radius 2 is 1.92 bits per heavy atom. The molecule has 0 radical (unpaired) electrons. The van der Waals surface area contributed by atoms with Crippen LogP contribution in [0.3, 0.4) is 0 Å². The highest BCUT2D eigenvalue weighted by molar-refractivity contribution is 6.30. The number of nitrogens with zero attached hydrogens (tertiary/aromatic N) is 1. The van der Waals surface area contributed by atoms with Crippen molar-refractivity contribution < 1.29 is 9.59 Å². The van der Waals surface area contributed by atoms with E-state index in [4.69, 9.17) is 11.6 Å². The maximum absolute atomic E-state index is 12.3. The van der Waals surface area contributed by atoms with Gasteiger partial charge in [0, 0.05) is 35.1 Å². The van der Waals surface area contributed by atoms with Crippen LogP contribution in [0.25, 0.3) is 0 Å². The van der Waals surface area contributed by atoms with Crippen LogP contribution in [0.1, 0.15) is 19.8 Å². The summed E-state index contributed by atoms with van der Waals surface area (Å²) >= 11 is 5.84. The molecule has 0 aliphatic carbocycles. The quantitative estimate of drug-likeness (QED) is 0.853. The standard InChI is InChI=1S/C19H20ClN3O2/c1-13(19(25)22-15-9-7-14(20)8-10-15)21-16-4-2-5-17(12-16)23-11-3-6-18(23)24/h2,4-5,7-10,12-13,21H,3,6,11H2,1H3,(H,22,25)/t13-/m1/s1. The smallest absolute Gasteiger partial charge is 0.246 e. The Balaban J connectivity index is 1.64. The van der Waals surface area contributed by atoms with Crippen LogP contribution in [0.15, 0.2) is 48.5 Å². The molecule has 0 unspecified atom stereocenters. The summed E-state index contributed by atoms with van der Waals surface area (Å²) in [6.45, 7) is 2.54. The van der Waals surface area contributed by atoms with Crippen molar-refractivity contribution in [1.29, 1.82) is 0 Å². The Bertz CT molecular complexity index is 776. The van der Waals surface area contributed by atoms with E-state index in [2.05, 4.69) is 10.6 Å². The van der Waals surface area contributed by atoms with E-state index in [0.717, 1.165) is 24.3 Å². The molecule has 0 spiro atoms. The van der Waals surface area contributed by atoms with E-state index < -0.39 is 6.04 Å². The summed E-state index contributed by atoms with van der Waals surface area (Å²) < 4.78 is 0. The number of hydrogen-bond acceptors (Lipinski definition) is 3. The van der Waals surface area contributed by atoms with Gasteiger partial charge in [-0.3, -0.25) is 9.59 Å². The molecule has 1 atom stereocenters. The van der Waals surface area contributed by atoms with E-state index >= 15 is 0 Å². The summed E-state index contributed by atoms with van der Waals surface area (Å²) in [5, 5.41) is 6.64. The lowest BCUT2D eigenvalue weighted by atomic mass is 10.2. The summed E-state index contributed by atoms with van der Waals surface area (Å²) in [6.07, 6.45) is 1.48. The molecule has 1 heterocycles. The lowest BCUT2D eigenvalue weighted by Gasteiger charge is -2.19. The van der Waals surface area contributed by atoms with E-state index in [1.54, 1.807) is 36.1 Å². The van der Waals surface area contributed by atoms with Gasteiger partial charge in [0.1, 0.15) is 6.04 Å². The molecule has 2 aromatic carbocycles. The fraction of sp³-hybridized carbons (Fsp3) is 0.263. The zero-order chi connectivity index (χ0) is 17.8. The van der Waals surface area contributed by atoms with Gasteiger partial charge in [-0.1, -0.05) is 17.7 Å². The first-order valence-electron chi connectivity index (χ1n) is 8.26. The van der Waals surface area contributed by atoms with Gasteiger partial charge in [0.2, 0.25) is 11.8 Å². The first kappa shape index (κ1) is 17.3. The third-order valence-corrected chi connectivity index (χ3v) is 4.37. The van der Waals surface area contributed by atoms with Crippen molar-refractivity contribution >= 4 is 40.5 Å². The molecule has 3 rings (SSSR count). The first-order valence-corrected chi connectivity index (χ1v) is 8.64. The third-order valence-electron chi connectivity index (χ3n) is 4.12. The van der Waals surface area contributed by atoms with Crippen molar-refractivity contribution in [2.75, 3.05) is 22.1 Å². The minimum Gasteiger partial charge on any atom is -0.374 e. The van der Waals surface area contributed by atoms with Crippen molar-refractivity contribution in [3.63, 3.8) is 0 Å². The Morgan fingerprint density at radius 1 is 1.16 bits per heavy atom. The minimum absolute atomic E-state index is 0.144. The van der Waals surface area contributed by atoms with Gasteiger partial charge in [-0.25, -0.2) is 0 Å². The van der Waals surface area contributed by atoms with Crippen LogP contribution in [0.4, 0.5) is 17.1 Å². The molecule has 2 N–H and O–H groups in total. The number of benzene rings is 2. The van der Waals surface area contributed by atoms with Crippen LogP contribution in [0.2, 0.25) is 5.02 Å². The zero-order valence-electron chi connectivity index (χ0n) is 14.0. The predicted octanol–water partition coefficient (Wildman–Crippen LogP) is 3.91. The molecule has 1 saturated heterocycles. The number of halogens is 1. The number of hydrogen-bond donors (Lipinski definition) is 2. The van der Waals surface area contributed by atoms with Gasteiger partial charge < -0.3 is 15.5 Å². The fourth-order valence-electron chi connectivity index (χ4n) is 2.78. The molecule has 2 amide bonds. The molecule has 0 saturated carbocycles. The Kier molecular flexibility index (Phi) is 5.24. The molecule has 1 aliphatic rings. The Hall–Kier alpha value is -2.53. The van der Waals surface area contributed by atoms with E-state index in [1.807, 2.05) is 24.3 Å². The second kappa shape index (κ2) is 7.57. The largest absolute Gasteiger partial charge is 0.374 e. The van der Waals surface area contributed by atoms with Crippen molar-refractivity contribution in [3.05, 3.63) is 53.6 Å². The van der Waals surface area contributed by atoms with Gasteiger partial charge >= 0.3 is 0 Å². The van der Waals surface area contributed by atoms with Crippen molar-refractivity contribution in [3.8, 4) is 0 Å². The van der Waals surface area contributed by atoms with Crippen molar-refractivity contribution in [2.45, 2.75) is 25.8 Å². The number of rotatable bonds is 5. The normalized spacial score (nSPS) is 15.1. The number of anilines is 3. The molecule has 6 heteroatoms. The molecule has 0 bridgehead atoms. The molecule has 25 heavy (non-hydrogen) atoms. The van der Waals surface area contributed by atoms with E-state index in [9.17, 15) is 9.59 Å². The first-order chi connectivity index (χ1) is 12.0. The Morgan fingerprint density at radius 3 is 2.60 bits per heavy atom. The third kappa shape index (κ3) is 4.31. The lowest BCUT2D eigenvalue weighted by Crippen LogP contribution is -2.32. The topological polar surface area (TPSA) is 61.4 Å². The number of amides is 2. The van der Waals surface area contributed by atoms with Gasteiger partial charge in [-0.05, 0) is 55.8 Å². The maximum atomic E-state index is 12.3. The zero-order valence-corrected chi connectivity index (χ0v) is 14.7. The Labute approximate surface area is 152 Å². The minimum atomic E-state index is -0.430. The summed E-state index contributed by atoms with van der Waals surface area (Å²) in [4.78, 5) is 26.0. The SMILES string of the molecule is C[C@@H](Nc1cccc(N2CCCC2=O)c1)C(=O)Nc1ccc(Cl)cc1. The van der Waals surface area contributed by atoms with E-state index in [0.29, 0.717) is 17.1 Å². The number of carbonyl (C=O) groups is 2. The summed E-state index contributed by atoms with van der Waals surface area (Å²) in [7, 11) is 0. The lowest BCUT2D eigenvalue weighted by molar-refractivity contribution is -0.117. The molecular weight excluding hydrogens is 338 g/mol. The second-order valence-electron chi connectivity index (χ2n) is 6.06. The van der Waals surface area contributed by atoms with Gasteiger partial charge in [-0.2, -0.15) is 0 Å². The average Bonchev–Trinajstić information content (AvgIpc) is 3.03. The van der Waals surface area contributed by atoms with Crippen LogP contribution in [-0.2, 0) is 9.59 Å². The molecule has 2 aromatic rings. The number of carbonyl (C=O) groups excluding carboxylic acids is 2. The van der Waals surface area contributed by atoms with E-state index in [1.165, 1.54) is 0 Å². The van der Waals surface area contributed by atoms with Crippen LogP contribution >= 0.6 is 11.6 Å². The van der Waals surface area contributed by atoms with Crippen molar-refractivity contribution in [2.24, 2.45) is 0 Å². The van der Waals surface area contributed by atoms with Crippen molar-refractivity contribution in [1.82, 2.24) is 0 Å². The maximum Gasteiger partial charge on any atom is 0.246 e.